The van der Waals surface area contributed by atoms with Crippen molar-refractivity contribution in [2.24, 2.45) is 0 Å². The summed E-state index contributed by atoms with van der Waals surface area (Å²) in [6, 6.07) is 13.3. The first kappa shape index (κ1) is 19.6. The lowest BCUT2D eigenvalue weighted by atomic mass is 9.97. The van der Waals surface area contributed by atoms with Crippen molar-refractivity contribution < 1.29 is 4.74 Å². The Hall–Kier alpha value is -1.76. The van der Waals surface area contributed by atoms with Crippen molar-refractivity contribution in [2.45, 2.75) is 72.6 Å². The van der Waals surface area contributed by atoms with E-state index in [2.05, 4.69) is 64.1 Å². The van der Waals surface area contributed by atoms with Gasteiger partial charge in [0.05, 0.1) is 6.61 Å². The number of benzene rings is 2. The lowest BCUT2D eigenvalue weighted by Crippen LogP contribution is -2.02. The van der Waals surface area contributed by atoms with Crippen molar-refractivity contribution in [1.29, 1.82) is 0 Å². The third-order valence-corrected chi connectivity index (χ3v) is 4.85. The zero-order chi connectivity index (χ0) is 18.1. The van der Waals surface area contributed by atoms with E-state index in [0.717, 1.165) is 25.2 Å². The SMILES string of the molecule is CCCCCCCCOc1ccc(C)cc1Cc1ccc(C)cc1C. The maximum absolute atomic E-state index is 6.13. The van der Waals surface area contributed by atoms with E-state index < -0.39 is 0 Å². The highest BCUT2D eigenvalue weighted by molar-refractivity contribution is 5.42. The quantitative estimate of drug-likeness (QED) is 0.426. The minimum absolute atomic E-state index is 0.828. The topological polar surface area (TPSA) is 9.23 Å². The van der Waals surface area contributed by atoms with Gasteiger partial charge in [0.25, 0.3) is 0 Å². The van der Waals surface area contributed by atoms with Crippen molar-refractivity contribution in [2.75, 3.05) is 6.61 Å². The number of aryl methyl sites for hydroxylation is 3. The highest BCUT2D eigenvalue weighted by Gasteiger charge is 2.08. The van der Waals surface area contributed by atoms with Crippen LogP contribution < -0.4 is 4.74 Å². The Morgan fingerprint density at radius 1 is 0.720 bits per heavy atom. The normalized spacial score (nSPS) is 10.9. The Kier molecular flexibility index (Phi) is 8.04. The van der Waals surface area contributed by atoms with Crippen LogP contribution in [0.1, 0.15) is 73.3 Å². The third kappa shape index (κ3) is 6.57. The van der Waals surface area contributed by atoms with Gasteiger partial charge in [-0.1, -0.05) is 80.5 Å². The van der Waals surface area contributed by atoms with E-state index in [-0.39, 0.29) is 0 Å². The van der Waals surface area contributed by atoms with Gasteiger partial charge in [0.2, 0.25) is 0 Å². The highest BCUT2D eigenvalue weighted by Crippen LogP contribution is 2.25. The monoisotopic (exact) mass is 338 g/mol. The molecule has 0 fully saturated rings. The maximum Gasteiger partial charge on any atom is 0.122 e. The first-order chi connectivity index (χ1) is 12.1. The molecule has 0 aromatic heterocycles. The van der Waals surface area contributed by atoms with E-state index in [1.807, 2.05) is 0 Å². The third-order valence-electron chi connectivity index (χ3n) is 4.85. The molecule has 0 bridgehead atoms. The van der Waals surface area contributed by atoms with Gasteiger partial charge in [-0.15, -0.1) is 0 Å². The molecule has 2 aromatic rings. The number of rotatable bonds is 10. The van der Waals surface area contributed by atoms with Crippen LogP contribution in [0.2, 0.25) is 0 Å². The second-order valence-corrected chi connectivity index (χ2v) is 7.33. The van der Waals surface area contributed by atoms with Gasteiger partial charge < -0.3 is 4.74 Å². The second kappa shape index (κ2) is 10.3. The molecule has 1 nitrogen and oxygen atoms in total. The molecule has 25 heavy (non-hydrogen) atoms. The molecule has 0 unspecified atom stereocenters. The molecule has 2 aromatic carbocycles. The van der Waals surface area contributed by atoms with Gasteiger partial charge in [0, 0.05) is 6.42 Å². The maximum atomic E-state index is 6.13. The Balaban J connectivity index is 1.95. The first-order valence-corrected chi connectivity index (χ1v) is 9.88. The Bertz CT molecular complexity index is 657. The van der Waals surface area contributed by atoms with Gasteiger partial charge in [-0.3, -0.25) is 0 Å². The van der Waals surface area contributed by atoms with Gasteiger partial charge in [-0.25, -0.2) is 0 Å². The van der Waals surface area contributed by atoms with Crippen LogP contribution in [0.15, 0.2) is 36.4 Å². The molecule has 2 rings (SSSR count). The fourth-order valence-corrected chi connectivity index (χ4v) is 3.30. The lowest BCUT2D eigenvalue weighted by molar-refractivity contribution is 0.302. The average Bonchev–Trinajstić information content (AvgIpc) is 2.58. The molecule has 0 N–H and O–H groups in total. The summed E-state index contributed by atoms with van der Waals surface area (Å²) in [4.78, 5) is 0. The second-order valence-electron chi connectivity index (χ2n) is 7.33. The lowest BCUT2D eigenvalue weighted by Gasteiger charge is -2.14. The Labute approximate surface area is 154 Å². The van der Waals surface area contributed by atoms with Crippen LogP contribution in [-0.2, 0) is 6.42 Å². The van der Waals surface area contributed by atoms with Gasteiger partial charge >= 0.3 is 0 Å². The summed E-state index contributed by atoms with van der Waals surface area (Å²) in [6.45, 7) is 9.60. The number of unbranched alkanes of at least 4 members (excludes halogenated alkanes) is 5. The van der Waals surface area contributed by atoms with Crippen LogP contribution in [0.25, 0.3) is 0 Å². The molecule has 1 heteroatoms. The molecule has 0 atom stereocenters. The van der Waals surface area contributed by atoms with E-state index in [4.69, 9.17) is 4.74 Å². The molecule has 0 saturated carbocycles. The summed E-state index contributed by atoms with van der Waals surface area (Å²) < 4.78 is 6.13. The molecule has 0 amide bonds. The van der Waals surface area contributed by atoms with E-state index in [1.165, 1.54) is 59.9 Å². The van der Waals surface area contributed by atoms with Crippen molar-refractivity contribution in [1.82, 2.24) is 0 Å². The van der Waals surface area contributed by atoms with Gasteiger partial charge in [-0.05, 0) is 49.9 Å². The Morgan fingerprint density at radius 2 is 1.40 bits per heavy atom. The van der Waals surface area contributed by atoms with Gasteiger partial charge in [0.1, 0.15) is 5.75 Å². The Morgan fingerprint density at radius 3 is 2.16 bits per heavy atom. The molecule has 0 aliphatic heterocycles. The fraction of sp³-hybridized carbons (Fsp3) is 0.500. The van der Waals surface area contributed by atoms with Crippen LogP contribution in [0, 0.1) is 20.8 Å². The predicted octanol–water partition coefficient (Wildman–Crippen LogP) is 6.94. The van der Waals surface area contributed by atoms with Crippen LogP contribution in [-0.4, -0.2) is 6.61 Å². The van der Waals surface area contributed by atoms with Crippen molar-refractivity contribution in [3.63, 3.8) is 0 Å². The van der Waals surface area contributed by atoms with Crippen LogP contribution in [0.5, 0.6) is 5.75 Å². The summed E-state index contributed by atoms with van der Waals surface area (Å²) in [5.41, 5.74) is 6.68. The molecule has 0 saturated heterocycles. The number of ether oxygens (including phenoxy) is 1. The number of hydrogen-bond donors (Lipinski definition) is 0. The standard InChI is InChI=1S/C24H34O/c1-5-6-7-8-9-10-15-25-24-14-12-20(3)17-23(24)18-22-13-11-19(2)16-21(22)4/h11-14,16-17H,5-10,15,18H2,1-4H3. The molecular weight excluding hydrogens is 304 g/mol. The summed E-state index contributed by atoms with van der Waals surface area (Å²) >= 11 is 0. The summed E-state index contributed by atoms with van der Waals surface area (Å²) in [5.74, 6) is 1.05. The number of hydrogen-bond acceptors (Lipinski definition) is 1. The van der Waals surface area contributed by atoms with E-state index in [1.54, 1.807) is 0 Å². The summed E-state index contributed by atoms with van der Waals surface area (Å²) in [6.07, 6.45) is 8.73. The smallest absolute Gasteiger partial charge is 0.122 e. The zero-order valence-corrected chi connectivity index (χ0v) is 16.5. The summed E-state index contributed by atoms with van der Waals surface area (Å²) in [7, 11) is 0. The zero-order valence-electron chi connectivity index (χ0n) is 16.5. The highest BCUT2D eigenvalue weighted by atomic mass is 16.5. The summed E-state index contributed by atoms with van der Waals surface area (Å²) in [5, 5.41) is 0. The van der Waals surface area contributed by atoms with E-state index in [9.17, 15) is 0 Å². The van der Waals surface area contributed by atoms with E-state index in [0.29, 0.717) is 0 Å². The van der Waals surface area contributed by atoms with Crippen LogP contribution >= 0.6 is 0 Å². The van der Waals surface area contributed by atoms with Crippen LogP contribution in [0.3, 0.4) is 0 Å². The van der Waals surface area contributed by atoms with Crippen molar-refractivity contribution in [3.8, 4) is 5.75 Å². The minimum Gasteiger partial charge on any atom is -0.493 e. The molecule has 136 valence electrons. The van der Waals surface area contributed by atoms with Crippen LogP contribution in [0.4, 0.5) is 0 Å². The molecular formula is C24H34O. The van der Waals surface area contributed by atoms with Gasteiger partial charge in [0.15, 0.2) is 0 Å². The molecule has 0 heterocycles. The molecule has 0 aliphatic rings. The largest absolute Gasteiger partial charge is 0.493 e. The molecule has 0 aliphatic carbocycles. The fourth-order valence-electron chi connectivity index (χ4n) is 3.30. The minimum atomic E-state index is 0.828. The average molecular weight is 339 g/mol. The van der Waals surface area contributed by atoms with E-state index >= 15 is 0 Å². The molecule has 0 radical (unpaired) electrons. The van der Waals surface area contributed by atoms with Crippen molar-refractivity contribution >= 4 is 0 Å². The predicted molar refractivity (Wildman–Crippen MR) is 109 cm³/mol. The van der Waals surface area contributed by atoms with Crippen molar-refractivity contribution in [3.05, 3.63) is 64.2 Å². The molecule has 0 spiro atoms. The van der Waals surface area contributed by atoms with Gasteiger partial charge in [-0.2, -0.15) is 0 Å². The first-order valence-electron chi connectivity index (χ1n) is 9.88.